The van der Waals surface area contributed by atoms with E-state index in [0.717, 1.165) is 16.5 Å². The van der Waals surface area contributed by atoms with E-state index in [1.54, 1.807) is 13.0 Å². The minimum absolute atomic E-state index is 0.176. The number of benzene rings is 2. The van der Waals surface area contributed by atoms with Crippen LogP contribution in [0.15, 0.2) is 30.3 Å². The van der Waals surface area contributed by atoms with Crippen molar-refractivity contribution in [2.75, 3.05) is 0 Å². The Morgan fingerprint density at radius 3 is 2.08 bits per heavy atom. The van der Waals surface area contributed by atoms with Crippen LogP contribution in [0.5, 0.6) is 0 Å². The third-order valence-corrected chi connectivity index (χ3v) is 6.20. The second-order valence-corrected chi connectivity index (χ2v) is 7.78. The Labute approximate surface area is 156 Å². The highest BCUT2D eigenvalue weighted by Gasteiger charge is 2.20. The fourth-order valence-corrected chi connectivity index (χ4v) is 3.95. The molecule has 4 heteroatoms. The number of rotatable bonds is 3. The van der Waals surface area contributed by atoms with Crippen LogP contribution in [0.2, 0.25) is 0 Å². The lowest BCUT2D eigenvalue weighted by atomic mass is 9.98. The molecular formula is C22H20F2OS. The standard InChI is InChI=1S/C22H20F2OS/c1-11-8-16(9-12(2)13(11)3)19-6-7-20(26-19)22(25)17-10-18(23)21(24)15(5)14(17)4/h6-10H,1-5H3. The van der Waals surface area contributed by atoms with Crippen molar-refractivity contribution in [1.29, 1.82) is 0 Å². The van der Waals surface area contributed by atoms with Gasteiger partial charge in [-0.15, -0.1) is 11.3 Å². The molecule has 3 rings (SSSR count). The molecule has 2 aromatic carbocycles. The van der Waals surface area contributed by atoms with Gasteiger partial charge in [0.2, 0.25) is 5.78 Å². The summed E-state index contributed by atoms with van der Waals surface area (Å²) in [5.41, 5.74) is 5.59. The van der Waals surface area contributed by atoms with Gasteiger partial charge in [0.05, 0.1) is 4.88 Å². The van der Waals surface area contributed by atoms with E-state index in [9.17, 15) is 13.6 Å². The molecule has 0 fully saturated rings. The van der Waals surface area contributed by atoms with Crippen LogP contribution in [-0.2, 0) is 0 Å². The third-order valence-electron chi connectivity index (χ3n) is 5.06. The lowest BCUT2D eigenvalue weighted by Gasteiger charge is -2.09. The zero-order valence-electron chi connectivity index (χ0n) is 15.5. The van der Waals surface area contributed by atoms with E-state index >= 15 is 0 Å². The molecule has 0 aliphatic heterocycles. The number of hydrogen-bond donors (Lipinski definition) is 0. The maximum Gasteiger partial charge on any atom is 0.203 e. The molecule has 1 heterocycles. The lowest BCUT2D eigenvalue weighted by Crippen LogP contribution is -2.06. The normalized spacial score (nSPS) is 11.0. The number of carbonyl (C=O) groups is 1. The molecule has 0 aliphatic carbocycles. The van der Waals surface area contributed by atoms with Crippen molar-refractivity contribution in [3.05, 3.63) is 80.2 Å². The quantitative estimate of drug-likeness (QED) is 0.483. The first-order valence-electron chi connectivity index (χ1n) is 8.38. The van der Waals surface area contributed by atoms with E-state index < -0.39 is 11.6 Å². The lowest BCUT2D eigenvalue weighted by molar-refractivity contribution is 0.104. The van der Waals surface area contributed by atoms with Crippen molar-refractivity contribution in [2.45, 2.75) is 34.6 Å². The highest BCUT2D eigenvalue weighted by Crippen LogP contribution is 2.33. The van der Waals surface area contributed by atoms with Crippen LogP contribution in [0, 0.1) is 46.3 Å². The van der Waals surface area contributed by atoms with Gasteiger partial charge in [0, 0.05) is 10.4 Å². The van der Waals surface area contributed by atoms with Crippen LogP contribution >= 0.6 is 11.3 Å². The van der Waals surface area contributed by atoms with Crippen LogP contribution in [0.1, 0.15) is 43.1 Å². The monoisotopic (exact) mass is 370 g/mol. The van der Waals surface area contributed by atoms with Gasteiger partial charge in [0.25, 0.3) is 0 Å². The average Bonchev–Trinajstić information content (AvgIpc) is 3.10. The summed E-state index contributed by atoms with van der Waals surface area (Å²) in [5, 5.41) is 0. The Kier molecular flexibility index (Phi) is 4.80. The van der Waals surface area contributed by atoms with Crippen molar-refractivity contribution in [3.8, 4) is 10.4 Å². The molecule has 26 heavy (non-hydrogen) atoms. The molecule has 134 valence electrons. The van der Waals surface area contributed by atoms with Gasteiger partial charge >= 0.3 is 0 Å². The molecule has 0 aliphatic rings. The maximum atomic E-state index is 13.8. The zero-order chi connectivity index (χ0) is 19.2. The molecule has 1 nitrogen and oxygen atoms in total. The van der Waals surface area contributed by atoms with E-state index in [1.165, 1.54) is 35.0 Å². The number of hydrogen-bond acceptors (Lipinski definition) is 2. The van der Waals surface area contributed by atoms with Gasteiger partial charge in [-0.1, -0.05) is 12.1 Å². The van der Waals surface area contributed by atoms with Crippen LogP contribution < -0.4 is 0 Å². The van der Waals surface area contributed by atoms with E-state index in [2.05, 4.69) is 32.9 Å². The topological polar surface area (TPSA) is 17.1 Å². The first kappa shape index (κ1) is 18.5. The van der Waals surface area contributed by atoms with Gasteiger partial charge in [-0.25, -0.2) is 8.78 Å². The summed E-state index contributed by atoms with van der Waals surface area (Å²) >= 11 is 1.37. The fraction of sp³-hybridized carbons (Fsp3) is 0.227. The van der Waals surface area contributed by atoms with E-state index in [4.69, 9.17) is 0 Å². The highest BCUT2D eigenvalue weighted by atomic mass is 32.1. The maximum absolute atomic E-state index is 13.8. The molecule has 0 unspecified atom stereocenters. The summed E-state index contributed by atoms with van der Waals surface area (Å²) in [6.45, 7) is 9.36. The molecule has 0 saturated carbocycles. The van der Waals surface area contributed by atoms with Crippen LogP contribution in [0.25, 0.3) is 10.4 Å². The van der Waals surface area contributed by atoms with Gasteiger partial charge in [0.15, 0.2) is 11.6 Å². The smallest absolute Gasteiger partial charge is 0.203 e. The van der Waals surface area contributed by atoms with E-state index in [0.29, 0.717) is 10.4 Å². The van der Waals surface area contributed by atoms with Gasteiger partial charge in [-0.3, -0.25) is 4.79 Å². The summed E-state index contributed by atoms with van der Waals surface area (Å²) in [4.78, 5) is 14.3. The van der Waals surface area contributed by atoms with Crippen molar-refractivity contribution in [2.24, 2.45) is 0 Å². The summed E-state index contributed by atoms with van der Waals surface area (Å²) in [6, 6.07) is 8.87. The van der Waals surface area contributed by atoms with Crippen LogP contribution in [0.3, 0.4) is 0 Å². The second-order valence-electron chi connectivity index (χ2n) is 6.70. The number of thiophene rings is 1. The molecule has 3 aromatic rings. The Morgan fingerprint density at radius 2 is 1.46 bits per heavy atom. The number of halogens is 2. The Bertz CT molecular complexity index is 1010. The Balaban J connectivity index is 2.02. The fourth-order valence-electron chi connectivity index (χ4n) is 3.01. The zero-order valence-corrected chi connectivity index (χ0v) is 16.3. The third kappa shape index (κ3) is 3.10. The molecule has 0 N–H and O–H groups in total. The summed E-state index contributed by atoms with van der Waals surface area (Å²) in [7, 11) is 0. The molecule has 0 radical (unpaired) electrons. The van der Waals surface area contributed by atoms with Crippen molar-refractivity contribution < 1.29 is 13.6 Å². The molecule has 1 aromatic heterocycles. The van der Waals surface area contributed by atoms with Crippen molar-refractivity contribution in [3.63, 3.8) is 0 Å². The minimum Gasteiger partial charge on any atom is -0.288 e. The van der Waals surface area contributed by atoms with Crippen LogP contribution in [-0.4, -0.2) is 5.78 Å². The largest absolute Gasteiger partial charge is 0.288 e. The molecule has 0 saturated heterocycles. The predicted molar refractivity (Wildman–Crippen MR) is 103 cm³/mol. The molecule has 0 spiro atoms. The first-order valence-corrected chi connectivity index (χ1v) is 9.20. The van der Waals surface area contributed by atoms with Crippen molar-refractivity contribution in [1.82, 2.24) is 0 Å². The molecular weight excluding hydrogens is 350 g/mol. The Morgan fingerprint density at radius 1 is 0.846 bits per heavy atom. The molecule has 0 bridgehead atoms. The Hall–Kier alpha value is -2.33. The number of carbonyl (C=O) groups excluding carboxylic acids is 1. The summed E-state index contributed by atoms with van der Waals surface area (Å²) in [6.07, 6.45) is 0. The number of ketones is 1. The van der Waals surface area contributed by atoms with Crippen LogP contribution in [0.4, 0.5) is 8.78 Å². The van der Waals surface area contributed by atoms with Gasteiger partial charge < -0.3 is 0 Å². The summed E-state index contributed by atoms with van der Waals surface area (Å²) in [5.74, 6) is -2.16. The predicted octanol–water partition coefficient (Wildman–Crippen LogP) is 6.47. The van der Waals surface area contributed by atoms with E-state index in [1.807, 2.05) is 6.07 Å². The van der Waals surface area contributed by atoms with Gasteiger partial charge in [-0.05, 0) is 86.2 Å². The van der Waals surface area contributed by atoms with E-state index in [-0.39, 0.29) is 16.9 Å². The minimum atomic E-state index is -0.988. The SMILES string of the molecule is Cc1cc(-c2ccc(C(=O)c3cc(F)c(F)c(C)c3C)s2)cc(C)c1C. The summed E-state index contributed by atoms with van der Waals surface area (Å²) < 4.78 is 27.5. The van der Waals surface area contributed by atoms with Crippen molar-refractivity contribution >= 4 is 17.1 Å². The highest BCUT2D eigenvalue weighted by molar-refractivity contribution is 7.17. The van der Waals surface area contributed by atoms with Gasteiger partial charge in [-0.2, -0.15) is 0 Å². The van der Waals surface area contributed by atoms with Gasteiger partial charge in [0.1, 0.15) is 0 Å². The number of aryl methyl sites for hydroxylation is 2. The average molecular weight is 370 g/mol. The molecule has 0 amide bonds. The molecule has 0 atom stereocenters. The second kappa shape index (κ2) is 6.76. The first-order chi connectivity index (χ1) is 12.2.